The molecule has 66 valence electrons. The van der Waals surface area contributed by atoms with Gasteiger partial charge in [0.05, 0.1) is 0 Å². The van der Waals surface area contributed by atoms with Crippen LogP contribution in [0.5, 0.6) is 0 Å². The van der Waals surface area contributed by atoms with E-state index in [0.717, 1.165) is 19.1 Å². The van der Waals surface area contributed by atoms with Crippen LogP contribution in [-0.2, 0) is 14.3 Å². The largest absolute Gasteiger partial charge is 0.359 e. The van der Waals surface area contributed by atoms with Gasteiger partial charge >= 0.3 is 0 Å². The first-order chi connectivity index (χ1) is 5.31. The predicted molar refractivity (Wildman–Crippen MR) is 42.3 cm³/mol. The van der Waals surface area contributed by atoms with Crippen LogP contribution in [0.4, 0.5) is 0 Å². The number of carbonyl (C=O) groups is 1. The molecule has 0 aliphatic rings. The van der Waals surface area contributed by atoms with Crippen LogP contribution < -0.4 is 0 Å². The van der Waals surface area contributed by atoms with Gasteiger partial charge in [-0.05, 0) is 12.8 Å². The van der Waals surface area contributed by atoms with Crippen molar-refractivity contribution in [2.24, 2.45) is 5.92 Å². The third kappa shape index (κ3) is 7.49. The Morgan fingerprint density at radius 1 is 1.55 bits per heavy atom. The Balaban J connectivity index is 2.95. The van der Waals surface area contributed by atoms with E-state index in [1.165, 1.54) is 0 Å². The second-order valence-electron chi connectivity index (χ2n) is 2.57. The molecule has 1 atom stereocenters. The van der Waals surface area contributed by atoms with Gasteiger partial charge in [0.1, 0.15) is 13.1 Å². The van der Waals surface area contributed by atoms with Crippen molar-refractivity contribution >= 4 is 6.29 Å². The normalized spacial score (nSPS) is 12.9. The van der Waals surface area contributed by atoms with E-state index in [1.807, 2.05) is 6.92 Å². The van der Waals surface area contributed by atoms with Crippen molar-refractivity contribution in [2.45, 2.75) is 19.8 Å². The Bertz CT molecular complexity index is 93.3. The highest BCUT2D eigenvalue weighted by Crippen LogP contribution is 2.01. The van der Waals surface area contributed by atoms with Gasteiger partial charge in [-0.25, -0.2) is 0 Å². The van der Waals surface area contributed by atoms with Gasteiger partial charge in [-0.3, -0.25) is 0 Å². The minimum absolute atomic E-state index is 0.154. The van der Waals surface area contributed by atoms with Crippen LogP contribution in [0.3, 0.4) is 0 Å². The Morgan fingerprint density at radius 2 is 2.27 bits per heavy atom. The molecule has 0 bridgehead atoms. The second kappa shape index (κ2) is 7.69. The molecule has 0 radical (unpaired) electrons. The quantitative estimate of drug-likeness (QED) is 0.319. The molecule has 0 aromatic carbocycles. The van der Waals surface area contributed by atoms with Crippen LogP contribution in [0.25, 0.3) is 0 Å². The van der Waals surface area contributed by atoms with Crippen molar-refractivity contribution in [1.82, 2.24) is 0 Å². The summed E-state index contributed by atoms with van der Waals surface area (Å²) >= 11 is 0. The van der Waals surface area contributed by atoms with E-state index in [-0.39, 0.29) is 5.92 Å². The van der Waals surface area contributed by atoms with E-state index in [0.29, 0.717) is 13.4 Å². The molecule has 0 spiro atoms. The molecule has 0 saturated carbocycles. The zero-order valence-electron chi connectivity index (χ0n) is 7.21. The van der Waals surface area contributed by atoms with Crippen LogP contribution in [0, 0.1) is 5.92 Å². The molecule has 0 heterocycles. The van der Waals surface area contributed by atoms with E-state index in [1.54, 1.807) is 7.11 Å². The smallest absolute Gasteiger partial charge is 0.146 e. The van der Waals surface area contributed by atoms with Gasteiger partial charge in [0.2, 0.25) is 0 Å². The van der Waals surface area contributed by atoms with Crippen LogP contribution in [0.1, 0.15) is 19.8 Å². The Labute approximate surface area is 67.7 Å². The third-order valence-electron chi connectivity index (χ3n) is 1.38. The monoisotopic (exact) mass is 160 g/mol. The topological polar surface area (TPSA) is 35.5 Å². The Kier molecular flexibility index (Phi) is 7.41. The highest BCUT2D eigenvalue weighted by Gasteiger charge is 1.97. The molecule has 0 aliphatic carbocycles. The second-order valence-corrected chi connectivity index (χ2v) is 2.57. The summed E-state index contributed by atoms with van der Waals surface area (Å²) in [5, 5.41) is 0. The van der Waals surface area contributed by atoms with E-state index in [4.69, 9.17) is 4.74 Å². The molecule has 0 saturated heterocycles. The van der Waals surface area contributed by atoms with Crippen molar-refractivity contribution in [2.75, 3.05) is 20.5 Å². The van der Waals surface area contributed by atoms with Crippen LogP contribution in [0.15, 0.2) is 0 Å². The molecule has 0 aromatic heterocycles. The predicted octanol–water partition coefficient (Wildman–Crippen LogP) is 1.22. The molecule has 11 heavy (non-hydrogen) atoms. The fourth-order valence-electron chi connectivity index (χ4n) is 0.718. The van der Waals surface area contributed by atoms with Gasteiger partial charge in [0, 0.05) is 19.6 Å². The van der Waals surface area contributed by atoms with Crippen molar-refractivity contribution < 1.29 is 14.3 Å². The highest BCUT2D eigenvalue weighted by molar-refractivity contribution is 5.52. The molecule has 3 heteroatoms. The van der Waals surface area contributed by atoms with Crippen LogP contribution in [0.2, 0.25) is 0 Å². The van der Waals surface area contributed by atoms with Crippen molar-refractivity contribution in [3.63, 3.8) is 0 Å². The molecule has 0 rings (SSSR count). The third-order valence-corrected chi connectivity index (χ3v) is 1.38. The number of hydrogen-bond acceptors (Lipinski definition) is 3. The molecule has 0 unspecified atom stereocenters. The summed E-state index contributed by atoms with van der Waals surface area (Å²) in [6, 6.07) is 0. The number of ether oxygens (including phenoxy) is 2. The molecule has 0 fully saturated rings. The lowest BCUT2D eigenvalue weighted by atomic mass is 10.1. The maximum absolute atomic E-state index is 10.2. The molecule has 0 aromatic rings. The first kappa shape index (κ1) is 10.6. The van der Waals surface area contributed by atoms with E-state index in [2.05, 4.69) is 4.74 Å². The fourth-order valence-corrected chi connectivity index (χ4v) is 0.718. The molecular weight excluding hydrogens is 144 g/mol. The molecular formula is C8H16O3. The van der Waals surface area contributed by atoms with Gasteiger partial charge in [-0.1, -0.05) is 6.92 Å². The minimum Gasteiger partial charge on any atom is -0.359 e. The zero-order valence-corrected chi connectivity index (χ0v) is 7.21. The zero-order chi connectivity index (χ0) is 8.53. The number of rotatable bonds is 7. The Morgan fingerprint density at radius 3 is 2.82 bits per heavy atom. The Hall–Kier alpha value is -0.410. The SMILES string of the molecule is COCOCCC[C@H](C)C=O. The summed E-state index contributed by atoms with van der Waals surface area (Å²) in [5.74, 6) is 0.154. The summed E-state index contributed by atoms with van der Waals surface area (Å²) in [5.41, 5.74) is 0. The number of hydrogen-bond donors (Lipinski definition) is 0. The van der Waals surface area contributed by atoms with Crippen molar-refractivity contribution in [3.05, 3.63) is 0 Å². The summed E-state index contributed by atoms with van der Waals surface area (Å²) in [4.78, 5) is 10.2. The number of carbonyl (C=O) groups excluding carboxylic acids is 1. The summed E-state index contributed by atoms with van der Waals surface area (Å²) in [6.07, 6.45) is 2.78. The standard InChI is InChI=1S/C8H16O3/c1-8(6-9)4-3-5-11-7-10-2/h6,8H,3-5,7H2,1-2H3/t8-/m0/s1. The summed E-state index contributed by atoms with van der Waals surface area (Å²) in [6.45, 7) is 2.92. The minimum atomic E-state index is 0.154. The maximum atomic E-state index is 10.2. The molecule has 3 nitrogen and oxygen atoms in total. The van der Waals surface area contributed by atoms with Crippen LogP contribution >= 0.6 is 0 Å². The molecule has 0 amide bonds. The van der Waals surface area contributed by atoms with Crippen molar-refractivity contribution in [3.8, 4) is 0 Å². The van der Waals surface area contributed by atoms with E-state index < -0.39 is 0 Å². The van der Waals surface area contributed by atoms with Crippen LogP contribution in [-0.4, -0.2) is 26.8 Å². The number of methoxy groups -OCH3 is 1. The van der Waals surface area contributed by atoms with Gasteiger partial charge in [-0.2, -0.15) is 0 Å². The average Bonchev–Trinajstić information content (AvgIpc) is 2.04. The summed E-state index contributed by atoms with van der Waals surface area (Å²) < 4.78 is 9.72. The van der Waals surface area contributed by atoms with Gasteiger partial charge in [0.25, 0.3) is 0 Å². The lowest BCUT2D eigenvalue weighted by Gasteiger charge is -2.03. The number of aldehydes is 1. The average molecular weight is 160 g/mol. The fraction of sp³-hybridized carbons (Fsp3) is 0.875. The lowest BCUT2D eigenvalue weighted by Crippen LogP contribution is -2.02. The molecule has 0 aliphatic heterocycles. The molecule has 0 N–H and O–H groups in total. The van der Waals surface area contributed by atoms with E-state index in [9.17, 15) is 4.79 Å². The van der Waals surface area contributed by atoms with Crippen molar-refractivity contribution in [1.29, 1.82) is 0 Å². The van der Waals surface area contributed by atoms with Gasteiger partial charge in [-0.15, -0.1) is 0 Å². The van der Waals surface area contributed by atoms with Gasteiger partial charge in [0.15, 0.2) is 0 Å². The first-order valence-electron chi connectivity index (χ1n) is 3.83. The van der Waals surface area contributed by atoms with Gasteiger partial charge < -0.3 is 14.3 Å². The first-order valence-corrected chi connectivity index (χ1v) is 3.83. The van der Waals surface area contributed by atoms with E-state index >= 15 is 0 Å². The highest BCUT2D eigenvalue weighted by atomic mass is 16.7. The summed E-state index contributed by atoms with van der Waals surface area (Å²) in [7, 11) is 1.59. The maximum Gasteiger partial charge on any atom is 0.146 e. The lowest BCUT2D eigenvalue weighted by molar-refractivity contribution is -0.111.